The molecule has 0 radical (unpaired) electrons. The standard InChI is InChI=1S/C26H23F3N2O3/c1-2-16-13-22-23(14-19(16)15-30-11-10-24(32)33)34-25(31-22)18-8-9-20(17-6-4-3-5-7-17)21(12-18)26(27,28)29/h3-9,12-14,30H,2,10-11,15H2,1H3,(H,32,33). The second-order valence-corrected chi connectivity index (χ2v) is 7.91. The molecule has 5 nitrogen and oxygen atoms in total. The average molecular weight is 468 g/mol. The zero-order chi connectivity index (χ0) is 24.3. The van der Waals surface area contributed by atoms with E-state index in [-0.39, 0.29) is 23.4 Å². The van der Waals surface area contributed by atoms with Crippen LogP contribution in [0, 0.1) is 0 Å². The van der Waals surface area contributed by atoms with Crippen LogP contribution >= 0.6 is 0 Å². The Labute approximate surface area is 194 Å². The van der Waals surface area contributed by atoms with Crippen molar-refractivity contribution < 1.29 is 27.5 Å². The van der Waals surface area contributed by atoms with Gasteiger partial charge in [0.1, 0.15) is 5.52 Å². The fourth-order valence-corrected chi connectivity index (χ4v) is 3.88. The average Bonchev–Trinajstić information content (AvgIpc) is 3.23. The second kappa shape index (κ2) is 9.69. The van der Waals surface area contributed by atoms with Gasteiger partial charge in [-0.2, -0.15) is 13.2 Å². The van der Waals surface area contributed by atoms with E-state index in [1.165, 1.54) is 6.07 Å². The van der Waals surface area contributed by atoms with Crippen LogP contribution in [0.15, 0.2) is 65.1 Å². The van der Waals surface area contributed by atoms with Crippen LogP contribution in [0.4, 0.5) is 13.2 Å². The molecular formula is C26H23F3N2O3. The molecule has 2 N–H and O–H groups in total. The third-order valence-electron chi connectivity index (χ3n) is 5.58. The van der Waals surface area contributed by atoms with Gasteiger partial charge in [-0.05, 0) is 52.9 Å². The Hall–Kier alpha value is -3.65. The van der Waals surface area contributed by atoms with E-state index in [0.29, 0.717) is 29.8 Å². The molecule has 0 bridgehead atoms. The quantitative estimate of drug-likeness (QED) is 0.297. The lowest BCUT2D eigenvalue weighted by atomic mass is 9.97. The third-order valence-corrected chi connectivity index (χ3v) is 5.58. The third kappa shape index (κ3) is 5.12. The number of carboxylic acids is 1. The number of benzene rings is 3. The number of aliphatic carboxylic acids is 1. The molecule has 0 spiro atoms. The summed E-state index contributed by atoms with van der Waals surface area (Å²) in [6.45, 7) is 2.76. The lowest BCUT2D eigenvalue weighted by molar-refractivity contribution is -0.137. The van der Waals surface area contributed by atoms with Gasteiger partial charge in [0, 0.05) is 18.7 Å². The molecule has 4 rings (SSSR count). The first-order valence-corrected chi connectivity index (χ1v) is 10.9. The highest BCUT2D eigenvalue weighted by Gasteiger charge is 2.34. The number of hydrogen-bond acceptors (Lipinski definition) is 4. The Balaban J connectivity index is 1.70. The van der Waals surface area contributed by atoms with E-state index in [0.717, 1.165) is 23.6 Å². The predicted octanol–water partition coefficient (Wildman–Crippen LogP) is 6.31. The lowest BCUT2D eigenvalue weighted by Crippen LogP contribution is -2.18. The van der Waals surface area contributed by atoms with E-state index in [1.54, 1.807) is 42.5 Å². The van der Waals surface area contributed by atoms with E-state index >= 15 is 0 Å². The number of hydrogen-bond donors (Lipinski definition) is 2. The predicted molar refractivity (Wildman–Crippen MR) is 123 cm³/mol. The summed E-state index contributed by atoms with van der Waals surface area (Å²) in [6.07, 6.45) is -3.81. The Bertz CT molecular complexity index is 1310. The second-order valence-electron chi connectivity index (χ2n) is 7.91. The molecule has 0 atom stereocenters. The molecule has 0 amide bonds. The van der Waals surface area contributed by atoms with Crippen LogP contribution < -0.4 is 5.32 Å². The van der Waals surface area contributed by atoms with Gasteiger partial charge in [0.05, 0.1) is 12.0 Å². The molecular weight excluding hydrogens is 445 g/mol. The number of rotatable bonds is 8. The first-order valence-electron chi connectivity index (χ1n) is 10.9. The molecule has 3 aromatic carbocycles. The fourth-order valence-electron chi connectivity index (χ4n) is 3.88. The van der Waals surface area contributed by atoms with Crippen LogP contribution in [0.3, 0.4) is 0 Å². The molecule has 34 heavy (non-hydrogen) atoms. The SMILES string of the molecule is CCc1cc2nc(-c3ccc(-c4ccccc4)c(C(F)(F)F)c3)oc2cc1CNCCC(=O)O. The molecule has 0 saturated heterocycles. The van der Waals surface area contributed by atoms with Crippen LogP contribution in [0.5, 0.6) is 0 Å². The van der Waals surface area contributed by atoms with Crippen molar-refractivity contribution in [3.05, 3.63) is 77.4 Å². The fraction of sp³-hybridized carbons (Fsp3) is 0.231. The van der Waals surface area contributed by atoms with Crippen molar-refractivity contribution in [2.45, 2.75) is 32.5 Å². The van der Waals surface area contributed by atoms with Gasteiger partial charge in [-0.15, -0.1) is 0 Å². The minimum absolute atomic E-state index is 0.0106. The van der Waals surface area contributed by atoms with E-state index in [2.05, 4.69) is 10.3 Å². The Morgan fingerprint density at radius 3 is 2.47 bits per heavy atom. The number of oxazole rings is 1. The van der Waals surface area contributed by atoms with Crippen LogP contribution in [-0.4, -0.2) is 22.6 Å². The summed E-state index contributed by atoms with van der Waals surface area (Å²) in [7, 11) is 0. The Morgan fingerprint density at radius 1 is 1.03 bits per heavy atom. The van der Waals surface area contributed by atoms with Crippen LogP contribution in [0.2, 0.25) is 0 Å². The van der Waals surface area contributed by atoms with Gasteiger partial charge in [0.25, 0.3) is 0 Å². The van der Waals surface area contributed by atoms with Gasteiger partial charge >= 0.3 is 12.1 Å². The smallest absolute Gasteiger partial charge is 0.417 e. The molecule has 1 heterocycles. The number of alkyl halides is 3. The molecule has 0 fully saturated rings. The summed E-state index contributed by atoms with van der Waals surface area (Å²) >= 11 is 0. The van der Waals surface area contributed by atoms with Gasteiger partial charge in [0.15, 0.2) is 5.58 Å². The van der Waals surface area contributed by atoms with Crippen molar-refractivity contribution in [1.82, 2.24) is 10.3 Å². The molecule has 0 unspecified atom stereocenters. The van der Waals surface area contributed by atoms with Gasteiger partial charge in [0.2, 0.25) is 5.89 Å². The van der Waals surface area contributed by atoms with Crippen LogP contribution in [0.25, 0.3) is 33.7 Å². The van der Waals surface area contributed by atoms with Gasteiger partial charge in [-0.1, -0.05) is 43.3 Å². The number of halogens is 3. The molecule has 4 aromatic rings. The van der Waals surface area contributed by atoms with E-state index < -0.39 is 17.7 Å². The largest absolute Gasteiger partial charge is 0.481 e. The number of aryl methyl sites for hydroxylation is 1. The van der Waals surface area contributed by atoms with Gasteiger partial charge in [-0.25, -0.2) is 4.98 Å². The maximum Gasteiger partial charge on any atom is 0.417 e. The zero-order valence-corrected chi connectivity index (χ0v) is 18.4. The number of nitrogens with zero attached hydrogens (tertiary/aromatic N) is 1. The maximum absolute atomic E-state index is 13.9. The summed E-state index contributed by atoms with van der Waals surface area (Å²) in [5, 5.41) is 11.9. The summed E-state index contributed by atoms with van der Waals surface area (Å²) in [6, 6.07) is 16.2. The molecule has 8 heteroatoms. The van der Waals surface area contributed by atoms with Crippen molar-refractivity contribution in [2.75, 3.05) is 6.54 Å². The maximum atomic E-state index is 13.9. The van der Waals surface area contributed by atoms with Crippen molar-refractivity contribution >= 4 is 17.1 Å². The van der Waals surface area contributed by atoms with Crippen molar-refractivity contribution in [3.63, 3.8) is 0 Å². The van der Waals surface area contributed by atoms with Gasteiger partial charge in [-0.3, -0.25) is 4.79 Å². The first kappa shape index (κ1) is 23.5. The molecule has 0 saturated carbocycles. The summed E-state index contributed by atoms with van der Waals surface area (Å²) in [5.41, 5.74) is 3.01. The topological polar surface area (TPSA) is 75.4 Å². The highest BCUT2D eigenvalue weighted by atomic mass is 19.4. The molecule has 0 aliphatic rings. The monoisotopic (exact) mass is 468 g/mol. The summed E-state index contributed by atoms with van der Waals surface area (Å²) in [4.78, 5) is 15.1. The van der Waals surface area contributed by atoms with Gasteiger partial charge < -0.3 is 14.8 Å². The Kier molecular flexibility index (Phi) is 6.70. The van der Waals surface area contributed by atoms with Crippen molar-refractivity contribution in [2.24, 2.45) is 0 Å². The van der Waals surface area contributed by atoms with Crippen LogP contribution in [0.1, 0.15) is 30.0 Å². The van der Waals surface area contributed by atoms with Crippen LogP contribution in [-0.2, 0) is 23.9 Å². The number of carbonyl (C=O) groups is 1. The first-order chi connectivity index (χ1) is 16.3. The Morgan fingerprint density at radius 2 is 1.79 bits per heavy atom. The van der Waals surface area contributed by atoms with Crippen molar-refractivity contribution in [1.29, 1.82) is 0 Å². The number of aromatic nitrogens is 1. The van der Waals surface area contributed by atoms with E-state index in [4.69, 9.17) is 9.52 Å². The number of fused-ring (bicyclic) bond motifs is 1. The highest BCUT2D eigenvalue weighted by Crippen LogP contribution is 2.39. The molecule has 0 aliphatic heterocycles. The van der Waals surface area contributed by atoms with E-state index in [1.807, 2.05) is 13.0 Å². The summed E-state index contributed by atoms with van der Waals surface area (Å²) in [5.74, 6) is -0.770. The highest BCUT2D eigenvalue weighted by molar-refractivity contribution is 5.79. The normalized spacial score (nSPS) is 11.8. The molecule has 176 valence electrons. The molecule has 0 aliphatic carbocycles. The number of carboxylic acid groups (broad SMARTS) is 1. The lowest BCUT2D eigenvalue weighted by Gasteiger charge is -2.14. The summed E-state index contributed by atoms with van der Waals surface area (Å²) < 4.78 is 47.5. The minimum atomic E-state index is -4.54. The molecule has 1 aromatic heterocycles. The minimum Gasteiger partial charge on any atom is -0.481 e. The zero-order valence-electron chi connectivity index (χ0n) is 18.4. The number of nitrogens with one attached hydrogen (secondary N) is 1. The van der Waals surface area contributed by atoms with Crippen molar-refractivity contribution in [3.8, 4) is 22.6 Å². The van der Waals surface area contributed by atoms with E-state index in [9.17, 15) is 18.0 Å².